The predicted octanol–water partition coefficient (Wildman–Crippen LogP) is 3.53. The number of hydrogen-bond donors (Lipinski definition) is 0. The number of rotatable bonds is 3. The molecule has 0 fully saturated rings. The summed E-state index contributed by atoms with van der Waals surface area (Å²) in [5, 5.41) is 0. The molecule has 2 aromatic rings. The fraction of sp³-hybridized carbons (Fsp3) is 0.118. The van der Waals surface area contributed by atoms with Gasteiger partial charge < -0.3 is 4.90 Å². The molecule has 0 aromatic heterocycles. The lowest BCUT2D eigenvalue weighted by atomic mass is 10.0. The number of aldehydes is 1. The molecule has 0 N–H and O–H groups in total. The number of carbonyl (C=O) groups is 1. The zero-order valence-electron chi connectivity index (χ0n) is 10.6. The topological polar surface area (TPSA) is 20.3 Å². The largest absolute Gasteiger partial charge is 0.363 e. The van der Waals surface area contributed by atoms with Crippen molar-refractivity contribution >= 4 is 18.0 Å². The van der Waals surface area contributed by atoms with Crippen LogP contribution in [-0.4, -0.2) is 12.8 Å². The zero-order valence-corrected chi connectivity index (χ0v) is 10.6. The highest BCUT2D eigenvalue weighted by molar-refractivity contribution is 5.81. The standard InChI is InChI=1S/C17H15NO/c19-13-15-8-9-17-16(11-15)7-4-10-18(17)12-14-5-2-1-3-6-14/h1-9,11,13H,10,12H2. The van der Waals surface area contributed by atoms with E-state index in [4.69, 9.17) is 0 Å². The van der Waals surface area contributed by atoms with Gasteiger partial charge in [-0.25, -0.2) is 0 Å². The van der Waals surface area contributed by atoms with E-state index in [1.54, 1.807) is 0 Å². The summed E-state index contributed by atoms with van der Waals surface area (Å²) in [5.74, 6) is 0. The van der Waals surface area contributed by atoms with Crippen molar-refractivity contribution in [3.05, 3.63) is 71.3 Å². The van der Waals surface area contributed by atoms with Gasteiger partial charge in [-0.05, 0) is 29.3 Å². The summed E-state index contributed by atoms with van der Waals surface area (Å²) in [7, 11) is 0. The van der Waals surface area contributed by atoms with Crippen LogP contribution in [0.25, 0.3) is 6.08 Å². The Kier molecular flexibility index (Phi) is 3.15. The molecule has 0 saturated heterocycles. The summed E-state index contributed by atoms with van der Waals surface area (Å²) in [5.41, 5.74) is 4.33. The highest BCUT2D eigenvalue weighted by Gasteiger charge is 2.13. The Balaban J connectivity index is 1.90. The molecule has 2 aromatic carbocycles. The summed E-state index contributed by atoms with van der Waals surface area (Å²) in [4.78, 5) is 13.1. The van der Waals surface area contributed by atoms with E-state index in [0.717, 1.165) is 30.5 Å². The van der Waals surface area contributed by atoms with Crippen molar-refractivity contribution in [2.24, 2.45) is 0 Å². The molecule has 2 nitrogen and oxygen atoms in total. The van der Waals surface area contributed by atoms with Gasteiger partial charge in [0.25, 0.3) is 0 Å². The van der Waals surface area contributed by atoms with Crippen molar-refractivity contribution < 1.29 is 4.79 Å². The molecule has 0 aliphatic carbocycles. The molecule has 0 amide bonds. The predicted molar refractivity (Wildman–Crippen MR) is 78.4 cm³/mol. The normalized spacial score (nSPS) is 13.2. The van der Waals surface area contributed by atoms with Gasteiger partial charge in [0.1, 0.15) is 6.29 Å². The van der Waals surface area contributed by atoms with Crippen LogP contribution in [-0.2, 0) is 6.54 Å². The van der Waals surface area contributed by atoms with E-state index < -0.39 is 0 Å². The molecule has 0 atom stereocenters. The van der Waals surface area contributed by atoms with Crippen LogP contribution in [0.5, 0.6) is 0 Å². The first-order chi connectivity index (χ1) is 9.36. The molecule has 0 unspecified atom stereocenters. The van der Waals surface area contributed by atoms with Gasteiger partial charge in [-0.2, -0.15) is 0 Å². The van der Waals surface area contributed by atoms with E-state index in [1.807, 2.05) is 24.3 Å². The highest BCUT2D eigenvalue weighted by Crippen LogP contribution is 2.27. The molecule has 1 aliphatic heterocycles. The minimum absolute atomic E-state index is 0.727. The van der Waals surface area contributed by atoms with Crippen LogP contribution in [0, 0.1) is 0 Å². The third kappa shape index (κ3) is 2.43. The third-order valence-electron chi connectivity index (χ3n) is 3.37. The maximum atomic E-state index is 10.8. The number of carbonyl (C=O) groups excluding carboxylic acids is 1. The Labute approximate surface area is 113 Å². The minimum Gasteiger partial charge on any atom is -0.363 e. The molecule has 0 radical (unpaired) electrons. The Bertz CT molecular complexity index is 616. The van der Waals surface area contributed by atoms with E-state index in [2.05, 4.69) is 41.3 Å². The van der Waals surface area contributed by atoms with Crippen LogP contribution < -0.4 is 4.90 Å². The van der Waals surface area contributed by atoms with Gasteiger partial charge in [0.2, 0.25) is 0 Å². The Hall–Kier alpha value is -2.35. The second-order valence-corrected chi connectivity index (χ2v) is 4.70. The van der Waals surface area contributed by atoms with Crippen LogP contribution in [0.1, 0.15) is 21.5 Å². The lowest BCUT2D eigenvalue weighted by Crippen LogP contribution is -2.25. The van der Waals surface area contributed by atoms with Crippen molar-refractivity contribution in [2.45, 2.75) is 6.54 Å². The molecule has 0 saturated carbocycles. The zero-order chi connectivity index (χ0) is 13.1. The van der Waals surface area contributed by atoms with E-state index >= 15 is 0 Å². The number of nitrogens with zero attached hydrogens (tertiary/aromatic N) is 1. The number of anilines is 1. The number of fused-ring (bicyclic) bond motifs is 1. The van der Waals surface area contributed by atoms with Crippen molar-refractivity contribution in [2.75, 3.05) is 11.4 Å². The molecule has 0 bridgehead atoms. The van der Waals surface area contributed by atoms with Gasteiger partial charge in [0.05, 0.1) is 0 Å². The number of benzene rings is 2. The second-order valence-electron chi connectivity index (χ2n) is 4.70. The van der Waals surface area contributed by atoms with Gasteiger partial charge in [-0.1, -0.05) is 42.5 Å². The van der Waals surface area contributed by atoms with Crippen LogP contribution in [0.15, 0.2) is 54.6 Å². The molecule has 19 heavy (non-hydrogen) atoms. The van der Waals surface area contributed by atoms with Crippen LogP contribution >= 0.6 is 0 Å². The molecule has 2 heteroatoms. The molecule has 94 valence electrons. The first-order valence-electron chi connectivity index (χ1n) is 6.41. The Morgan fingerprint density at radius 3 is 2.74 bits per heavy atom. The maximum absolute atomic E-state index is 10.8. The highest BCUT2D eigenvalue weighted by atomic mass is 16.1. The van der Waals surface area contributed by atoms with Crippen molar-refractivity contribution in [3.8, 4) is 0 Å². The third-order valence-corrected chi connectivity index (χ3v) is 3.37. The van der Waals surface area contributed by atoms with Gasteiger partial charge in [-0.15, -0.1) is 0 Å². The monoisotopic (exact) mass is 249 g/mol. The van der Waals surface area contributed by atoms with Crippen LogP contribution in [0.2, 0.25) is 0 Å². The number of hydrogen-bond acceptors (Lipinski definition) is 2. The maximum Gasteiger partial charge on any atom is 0.150 e. The van der Waals surface area contributed by atoms with E-state index in [9.17, 15) is 4.79 Å². The average molecular weight is 249 g/mol. The summed E-state index contributed by atoms with van der Waals surface area (Å²) in [6, 6.07) is 16.3. The molecule has 3 rings (SSSR count). The quantitative estimate of drug-likeness (QED) is 0.775. The van der Waals surface area contributed by atoms with Crippen molar-refractivity contribution in [3.63, 3.8) is 0 Å². The van der Waals surface area contributed by atoms with Gasteiger partial charge >= 0.3 is 0 Å². The SMILES string of the molecule is O=Cc1ccc2c(c1)C=CCN2Cc1ccccc1. The first-order valence-corrected chi connectivity index (χ1v) is 6.41. The molecule has 0 spiro atoms. The van der Waals surface area contributed by atoms with Crippen molar-refractivity contribution in [1.29, 1.82) is 0 Å². The van der Waals surface area contributed by atoms with Gasteiger partial charge in [-0.3, -0.25) is 4.79 Å². The van der Waals surface area contributed by atoms with E-state index in [0.29, 0.717) is 0 Å². The summed E-state index contributed by atoms with van der Waals surface area (Å²) in [6.07, 6.45) is 5.12. The fourth-order valence-corrected chi connectivity index (χ4v) is 2.43. The van der Waals surface area contributed by atoms with Crippen LogP contribution in [0.4, 0.5) is 5.69 Å². The molecular weight excluding hydrogens is 234 g/mol. The first kappa shape index (κ1) is 11.7. The molecular formula is C17H15NO. The minimum atomic E-state index is 0.727. The smallest absolute Gasteiger partial charge is 0.150 e. The lowest BCUT2D eigenvalue weighted by molar-refractivity contribution is 0.112. The lowest BCUT2D eigenvalue weighted by Gasteiger charge is -2.28. The molecule has 1 aliphatic rings. The van der Waals surface area contributed by atoms with E-state index in [1.165, 1.54) is 11.3 Å². The summed E-state index contributed by atoms with van der Waals surface area (Å²) in [6.45, 7) is 1.79. The Morgan fingerprint density at radius 1 is 1.11 bits per heavy atom. The van der Waals surface area contributed by atoms with Crippen molar-refractivity contribution in [1.82, 2.24) is 0 Å². The summed E-state index contributed by atoms with van der Waals surface area (Å²) >= 11 is 0. The van der Waals surface area contributed by atoms with E-state index in [-0.39, 0.29) is 0 Å². The fourth-order valence-electron chi connectivity index (χ4n) is 2.43. The Morgan fingerprint density at radius 2 is 1.95 bits per heavy atom. The molecule has 1 heterocycles. The van der Waals surface area contributed by atoms with Gasteiger partial charge in [0.15, 0.2) is 0 Å². The van der Waals surface area contributed by atoms with Gasteiger partial charge in [0, 0.05) is 24.3 Å². The average Bonchev–Trinajstić information content (AvgIpc) is 2.48. The second kappa shape index (κ2) is 5.11. The van der Waals surface area contributed by atoms with Crippen LogP contribution in [0.3, 0.4) is 0 Å². The summed E-state index contributed by atoms with van der Waals surface area (Å²) < 4.78 is 0.